The molecule has 3 aromatic rings. The van der Waals surface area contributed by atoms with E-state index < -0.39 is 11.9 Å². The Bertz CT molecular complexity index is 1070. The van der Waals surface area contributed by atoms with Crippen LogP contribution in [0.25, 0.3) is 0 Å². The molecule has 0 radical (unpaired) electrons. The Hall–Kier alpha value is -3.76. The third kappa shape index (κ3) is 4.29. The van der Waals surface area contributed by atoms with Crippen LogP contribution in [0.1, 0.15) is 52.3 Å². The highest BCUT2D eigenvalue weighted by molar-refractivity contribution is 6.08. The summed E-state index contributed by atoms with van der Waals surface area (Å²) in [4.78, 5) is 24.8. The van der Waals surface area contributed by atoms with Crippen LogP contribution in [0.15, 0.2) is 24.3 Å². The van der Waals surface area contributed by atoms with Crippen molar-refractivity contribution >= 4 is 17.6 Å². The molecule has 1 amide bonds. The number of amides is 1. The van der Waals surface area contributed by atoms with Crippen LogP contribution in [0.4, 0.5) is 5.69 Å². The Morgan fingerprint density at radius 3 is 2.73 bits per heavy atom. The van der Waals surface area contributed by atoms with Crippen molar-refractivity contribution in [2.45, 2.75) is 33.4 Å². The second-order valence-electron chi connectivity index (χ2n) is 6.83. The second kappa shape index (κ2) is 8.72. The summed E-state index contributed by atoms with van der Waals surface area (Å²) >= 11 is 0. The van der Waals surface area contributed by atoms with E-state index >= 15 is 0 Å². The van der Waals surface area contributed by atoms with Gasteiger partial charge < -0.3 is 14.8 Å². The number of hydrogen-bond acceptors (Lipinski definition) is 8. The number of hydrogen-bond donors (Lipinski definition) is 1. The van der Waals surface area contributed by atoms with Crippen LogP contribution in [0.2, 0.25) is 0 Å². The molecule has 11 heteroatoms. The summed E-state index contributed by atoms with van der Waals surface area (Å²) in [6.07, 6.45) is 0. The van der Waals surface area contributed by atoms with Gasteiger partial charge in [0.25, 0.3) is 5.91 Å². The number of carbonyl (C=O) groups is 2. The van der Waals surface area contributed by atoms with Gasteiger partial charge in [-0.05, 0) is 49.4 Å². The summed E-state index contributed by atoms with van der Waals surface area (Å²) in [6, 6.07) is 6.77. The molecule has 0 aliphatic rings. The van der Waals surface area contributed by atoms with Gasteiger partial charge in [0.2, 0.25) is 0 Å². The number of anilines is 1. The molecule has 0 fully saturated rings. The van der Waals surface area contributed by atoms with Crippen molar-refractivity contribution in [2.75, 3.05) is 12.4 Å². The molecule has 0 saturated carbocycles. The van der Waals surface area contributed by atoms with E-state index in [9.17, 15) is 9.59 Å². The Kier molecular flexibility index (Phi) is 6.09. The number of aromatic nitrogens is 6. The second-order valence-corrected chi connectivity index (χ2v) is 6.83. The third-order valence-corrected chi connectivity index (χ3v) is 4.35. The Labute approximate surface area is 173 Å². The molecule has 1 N–H and O–H groups in total. The monoisotopic (exact) mass is 413 g/mol. The van der Waals surface area contributed by atoms with Gasteiger partial charge in [0.1, 0.15) is 12.4 Å². The van der Waals surface area contributed by atoms with Crippen LogP contribution >= 0.6 is 0 Å². The maximum Gasteiger partial charge on any atom is 0.358 e. The van der Waals surface area contributed by atoms with Crippen LogP contribution in [-0.2, 0) is 18.4 Å². The van der Waals surface area contributed by atoms with E-state index in [-0.39, 0.29) is 18.3 Å². The smallest absolute Gasteiger partial charge is 0.358 e. The molecule has 11 nitrogen and oxygen atoms in total. The molecule has 2 aromatic heterocycles. The molecular weight excluding hydrogens is 390 g/mol. The summed E-state index contributed by atoms with van der Waals surface area (Å²) in [7, 11) is 2.88. The summed E-state index contributed by atoms with van der Waals surface area (Å²) in [5, 5.41) is 18.5. The Morgan fingerprint density at radius 2 is 2.03 bits per heavy atom. The fourth-order valence-corrected chi connectivity index (χ4v) is 2.91. The van der Waals surface area contributed by atoms with E-state index in [4.69, 9.17) is 9.47 Å². The lowest BCUT2D eigenvalue weighted by atomic mass is 10.2. The van der Waals surface area contributed by atoms with Crippen molar-refractivity contribution < 1.29 is 19.1 Å². The van der Waals surface area contributed by atoms with Crippen LogP contribution < -0.4 is 10.1 Å². The number of nitrogens with one attached hydrogen (secondary N) is 1. The van der Waals surface area contributed by atoms with Gasteiger partial charge in [0.15, 0.2) is 11.5 Å². The van der Waals surface area contributed by atoms with Gasteiger partial charge in [-0.3, -0.25) is 9.48 Å². The van der Waals surface area contributed by atoms with Crippen molar-refractivity contribution in [1.29, 1.82) is 0 Å². The zero-order valence-electron chi connectivity index (χ0n) is 17.4. The van der Waals surface area contributed by atoms with Crippen molar-refractivity contribution in [1.82, 2.24) is 30.0 Å². The van der Waals surface area contributed by atoms with Gasteiger partial charge in [-0.2, -0.15) is 5.10 Å². The molecule has 0 aliphatic heterocycles. The Balaban J connectivity index is 1.76. The van der Waals surface area contributed by atoms with Crippen molar-refractivity contribution in [3.63, 3.8) is 0 Å². The molecule has 0 saturated heterocycles. The molecule has 1 aromatic carbocycles. The first-order valence-electron chi connectivity index (χ1n) is 9.24. The SMILES string of the molecule is COC(=O)c1c(NC(=O)c2cccc(OCc3nnnn3C(C)C)c2)c(C)nn1C. The third-order valence-electron chi connectivity index (χ3n) is 4.35. The summed E-state index contributed by atoms with van der Waals surface area (Å²) in [6.45, 7) is 5.78. The predicted molar refractivity (Wildman–Crippen MR) is 106 cm³/mol. The van der Waals surface area contributed by atoms with E-state index in [0.29, 0.717) is 28.5 Å². The van der Waals surface area contributed by atoms with Crippen molar-refractivity contribution in [3.8, 4) is 5.75 Å². The molecule has 2 heterocycles. The van der Waals surface area contributed by atoms with Gasteiger partial charge in [0, 0.05) is 12.6 Å². The van der Waals surface area contributed by atoms with Gasteiger partial charge in [-0.25, -0.2) is 9.48 Å². The predicted octanol–water partition coefficient (Wildman–Crippen LogP) is 1.91. The van der Waals surface area contributed by atoms with E-state index in [0.717, 1.165) is 0 Å². The lowest BCUT2D eigenvalue weighted by Crippen LogP contribution is -2.17. The number of carbonyl (C=O) groups excluding carboxylic acids is 2. The molecule has 3 rings (SSSR count). The minimum atomic E-state index is -0.589. The first kappa shape index (κ1) is 21.0. The molecule has 0 spiro atoms. The quantitative estimate of drug-likeness (QED) is 0.582. The highest BCUT2D eigenvalue weighted by atomic mass is 16.5. The number of aryl methyl sites for hydroxylation is 2. The molecular formula is C19H23N7O4. The van der Waals surface area contributed by atoms with Gasteiger partial charge in [-0.15, -0.1) is 5.10 Å². The molecule has 0 bridgehead atoms. The number of rotatable bonds is 7. The van der Waals surface area contributed by atoms with Gasteiger partial charge >= 0.3 is 5.97 Å². The van der Waals surface area contributed by atoms with Crippen molar-refractivity contribution in [3.05, 3.63) is 47.0 Å². The van der Waals surface area contributed by atoms with E-state index in [1.165, 1.54) is 11.8 Å². The minimum absolute atomic E-state index is 0.0995. The number of benzene rings is 1. The maximum atomic E-state index is 12.8. The first-order valence-corrected chi connectivity index (χ1v) is 9.24. The van der Waals surface area contributed by atoms with E-state index in [1.54, 1.807) is 42.9 Å². The number of ether oxygens (including phenoxy) is 2. The summed E-state index contributed by atoms with van der Waals surface area (Å²) in [5.41, 5.74) is 1.32. The topological polar surface area (TPSA) is 126 Å². The average molecular weight is 413 g/mol. The fraction of sp³-hybridized carbons (Fsp3) is 0.368. The lowest BCUT2D eigenvalue weighted by Gasteiger charge is -2.11. The largest absolute Gasteiger partial charge is 0.486 e. The Morgan fingerprint density at radius 1 is 1.27 bits per heavy atom. The number of tetrazole rings is 1. The zero-order valence-corrected chi connectivity index (χ0v) is 17.4. The maximum absolute atomic E-state index is 12.8. The lowest BCUT2D eigenvalue weighted by molar-refractivity contribution is 0.0589. The fourth-order valence-electron chi connectivity index (χ4n) is 2.91. The van der Waals surface area contributed by atoms with Crippen molar-refractivity contribution in [2.24, 2.45) is 7.05 Å². The molecule has 0 atom stereocenters. The van der Waals surface area contributed by atoms with Gasteiger partial charge in [0.05, 0.1) is 24.5 Å². The number of esters is 1. The van der Waals surface area contributed by atoms with Crippen LogP contribution in [-0.4, -0.2) is 49.0 Å². The van der Waals surface area contributed by atoms with Gasteiger partial charge in [-0.1, -0.05) is 6.07 Å². The zero-order chi connectivity index (χ0) is 21.8. The van der Waals surface area contributed by atoms with Crippen LogP contribution in [0.3, 0.4) is 0 Å². The molecule has 30 heavy (non-hydrogen) atoms. The highest BCUT2D eigenvalue weighted by Crippen LogP contribution is 2.22. The van der Waals surface area contributed by atoms with Crippen LogP contribution in [0, 0.1) is 6.92 Å². The van der Waals surface area contributed by atoms with E-state index in [1.807, 2.05) is 13.8 Å². The van der Waals surface area contributed by atoms with Crippen LogP contribution in [0.5, 0.6) is 5.75 Å². The standard InChI is InChI=1S/C19H23N7O4/c1-11(2)26-15(21-23-24-26)10-30-14-8-6-7-13(9-14)18(27)20-16-12(3)22-25(4)17(16)19(28)29-5/h6-9,11H,10H2,1-5H3,(H,20,27). The molecule has 0 unspecified atom stereocenters. The molecule has 0 aliphatic carbocycles. The minimum Gasteiger partial charge on any atom is -0.486 e. The normalized spacial score (nSPS) is 10.9. The summed E-state index contributed by atoms with van der Waals surface area (Å²) in [5.74, 6) is 0.0627. The molecule has 158 valence electrons. The number of nitrogens with zero attached hydrogens (tertiary/aromatic N) is 6. The summed E-state index contributed by atoms with van der Waals surface area (Å²) < 4.78 is 13.6. The average Bonchev–Trinajstić information content (AvgIpc) is 3.30. The number of methoxy groups -OCH3 is 1. The van der Waals surface area contributed by atoms with E-state index in [2.05, 4.69) is 25.9 Å². The highest BCUT2D eigenvalue weighted by Gasteiger charge is 2.23. The first-order chi connectivity index (χ1) is 14.3.